The second-order valence-corrected chi connectivity index (χ2v) is 2.70. The first-order chi connectivity index (χ1) is 5.75. The van der Waals surface area contributed by atoms with Gasteiger partial charge in [0.25, 0.3) is 0 Å². The van der Waals surface area contributed by atoms with Gasteiger partial charge in [-0.25, -0.2) is 0 Å². The van der Waals surface area contributed by atoms with Gasteiger partial charge in [-0.05, 0) is 5.56 Å². The van der Waals surface area contributed by atoms with Crippen molar-refractivity contribution in [3.8, 4) is 0 Å². The summed E-state index contributed by atoms with van der Waals surface area (Å²) in [5.41, 5.74) is 6.18. The molecule has 0 fully saturated rings. The molecule has 0 radical (unpaired) electrons. The van der Waals surface area contributed by atoms with Crippen molar-refractivity contribution in [3.05, 3.63) is 35.9 Å². The van der Waals surface area contributed by atoms with Gasteiger partial charge in [-0.2, -0.15) is 0 Å². The lowest BCUT2D eigenvalue weighted by molar-refractivity contribution is 0.109. The topological polar surface area (TPSA) is 66.5 Å². The van der Waals surface area contributed by atoms with Gasteiger partial charge in [0.15, 0.2) is 0 Å². The summed E-state index contributed by atoms with van der Waals surface area (Å²) in [6.45, 7) is -0.212. The van der Waals surface area contributed by atoms with Crippen LogP contribution in [0, 0.1) is 0 Å². The summed E-state index contributed by atoms with van der Waals surface area (Å²) in [5.74, 6) is 0. The molecule has 0 aliphatic rings. The number of hydrogen-bond acceptors (Lipinski definition) is 3. The predicted molar refractivity (Wildman–Crippen MR) is 46.5 cm³/mol. The molecule has 0 amide bonds. The zero-order chi connectivity index (χ0) is 8.97. The van der Waals surface area contributed by atoms with E-state index in [0.29, 0.717) is 0 Å². The lowest BCUT2D eigenvalue weighted by atomic mass is 10.0. The zero-order valence-electron chi connectivity index (χ0n) is 6.72. The second-order valence-electron chi connectivity index (χ2n) is 2.70. The number of hydrogen-bond donors (Lipinski definition) is 3. The molecular weight excluding hydrogens is 154 g/mol. The maximum absolute atomic E-state index is 9.50. The monoisotopic (exact) mass is 167 g/mol. The molecule has 3 heteroatoms. The number of rotatable bonds is 3. The third-order valence-electron chi connectivity index (χ3n) is 1.76. The minimum absolute atomic E-state index is 0.212. The van der Waals surface area contributed by atoms with Crippen LogP contribution in [-0.4, -0.2) is 22.9 Å². The second kappa shape index (κ2) is 4.21. The Hall–Kier alpha value is -0.900. The van der Waals surface area contributed by atoms with Gasteiger partial charge >= 0.3 is 0 Å². The van der Waals surface area contributed by atoms with Gasteiger partial charge in [0.2, 0.25) is 0 Å². The van der Waals surface area contributed by atoms with Crippen LogP contribution in [-0.2, 0) is 0 Å². The van der Waals surface area contributed by atoms with Crippen LogP contribution < -0.4 is 5.73 Å². The minimum atomic E-state index is -0.781. The van der Waals surface area contributed by atoms with Crippen LogP contribution in [0.5, 0.6) is 0 Å². The number of benzene rings is 1. The molecule has 4 N–H and O–H groups in total. The smallest absolute Gasteiger partial charge is 0.0963 e. The Balaban J connectivity index is 2.71. The third kappa shape index (κ3) is 2.04. The van der Waals surface area contributed by atoms with Crippen molar-refractivity contribution in [3.63, 3.8) is 0 Å². The van der Waals surface area contributed by atoms with Gasteiger partial charge in [-0.15, -0.1) is 0 Å². The highest BCUT2D eigenvalue weighted by molar-refractivity contribution is 5.18. The molecule has 66 valence electrons. The fourth-order valence-electron chi connectivity index (χ4n) is 0.997. The lowest BCUT2D eigenvalue weighted by Crippen LogP contribution is -2.31. The summed E-state index contributed by atoms with van der Waals surface area (Å²) in [6, 6.07) is 8.46. The highest BCUT2D eigenvalue weighted by Gasteiger charge is 2.14. The Kier molecular flexibility index (Phi) is 3.22. The first kappa shape index (κ1) is 9.19. The molecule has 0 heterocycles. The van der Waals surface area contributed by atoms with Crippen LogP contribution in [0.3, 0.4) is 0 Å². The molecule has 0 saturated carbocycles. The Morgan fingerprint density at radius 2 is 1.83 bits per heavy atom. The summed E-state index contributed by atoms with van der Waals surface area (Å²) >= 11 is 0. The van der Waals surface area contributed by atoms with Crippen molar-refractivity contribution in [1.82, 2.24) is 0 Å². The summed E-state index contributed by atoms with van der Waals surface area (Å²) in [7, 11) is 0. The fourth-order valence-corrected chi connectivity index (χ4v) is 0.997. The predicted octanol–water partition coefficient (Wildman–Crippen LogP) is 0.0396. The zero-order valence-corrected chi connectivity index (χ0v) is 6.72. The van der Waals surface area contributed by atoms with E-state index in [1.54, 1.807) is 12.1 Å². The first-order valence-electron chi connectivity index (χ1n) is 3.85. The van der Waals surface area contributed by atoms with Crippen molar-refractivity contribution < 1.29 is 10.2 Å². The molecular formula is C9H13NO2. The van der Waals surface area contributed by atoms with E-state index in [1.807, 2.05) is 18.2 Å². The number of nitrogens with two attached hydrogens (primary N) is 1. The van der Waals surface area contributed by atoms with E-state index in [0.717, 1.165) is 5.56 Å². The SMILES string of the molecule is N[C@H](CO)[C@H](O)c1ccccc1. The molecule has 0 aliphatic carbocycles. The van der Waals surface area contributed by atoms with Gasteiger partial charge in [-0.1, -0.05) is 30.3 Å². The third-order valence-corrected chi connectivity index (χ3v) is 1.76. The maximum atomic E-state index is 9.50. The van der Waals surface area contributed by atoms with Crippen LogP contribution in [0.15, 0.2) is 30.3 Å². The van der Waals surface area contributed by atoms with E-state index in [9.17, 15) is 5.11 Å². The summed E-state index contributed by atoms with van der Waals surface area (Å²) < 4.78 is 0. The largest absolute Gasteiger partial charge is 0.395 e. The van der Waals surface area contributed by atoms with E-state index in [4.69, 9.17) is 10.8 Å². The van der Waals surface area contributed by atoms with Gasteiger partial charge in [0, 0.05) is 0 Å². The molecule has 1 aromatic carbocycles. The molecule has 0 unspecified atom stereocenters. The van der Waals surface area contributed by atoms with Crippen molar-refractivity contribution in [1.29, 1.82) is 0 Å². The van der Waals surface area contributed by atoms with Crippen molar-refractivity contribution in [2.75, 3.05) is 6.61 Å². The Morgan fingerprint density at radius 1 is 1.25 bits per heavy atom. The molecule has 0 spiro atoms. The number of aliphatic hydroxyl groups excluding tert-OH is 2. The number of aliphatic hydroxyl groups is 2. The highest BCUT2D eigenvalue weighted by atomic mass is 16.3. The van der Waals surface area contributed by atoms with Crippen molar-refractivity contribution in [2.24, 2.45) is 5.73 Å². The molecule has 3 nitrogen and oxygen atoms in total. The Morgan fingerprint density at radius 3 is 2.33 bits per heavy atom. The fraction of sp³-hybridized carbons (Fsp3) is 0.333. The van der Waals surface area contributed by atoms with Gasteiger partial charge in [-0.3, -0.25) is 0 Å². The molecule has 1 rings (SSSR count). The van der Waals surface area contributed by atoms with Crippen LogP contribution >= 0.6 is 0 Å². The molecule has 0 saturated heterocycles. The Labute approximate surface area is 71.5 Å². The molecule has 2 atom stereocenters. The van der Waals surface area contributed by atoms with E-state index in [2.05, 4.69) is 0 Å². The first-order valence-corrected chi connectivity index (χ1v) is 3.85. The Bertz CT molecular complexity index is 225. The van der Waals surface area contributed by atoms with Crippen molar-refractivity contribution >= 4 is 0 Å². The summed E-state index contributed by atoms with van der Waals surface area (Å²) in [6.07, 6.45) is -0.781. The lowest BCUT2D eigenvalue weighted by Gasteiger charge is -2.16. The van der Waals surface area contributed by atoms with Crippen molar-refractivity contribution in [2.45, 2.75) is 12.1 Å². The quantitative estimate of drug-likeness (QED) is 0.595. The highest BCUT2D eigenvalue weighted by Crippen LogP contribution is 2.14. The van der Waals surface area contributed by atoms with Gasteiger partial charge in [0.05, 0.1) is 18.8 Å². The standard InChI is InChI=1S/C9H13NO2/c10-8(6-11)9(12)7-4-2-1-3-5-7/h1-5,8-9,11-12H,6,10H2/t8-,9-/m1/s1. The molecule has 0 aromatic heterocycles. The normalized spacial score (nSPS) is 15.6. The molecule has 0 aliphatic heterocycles. The van der Waals surface area contributed by atoms with Crippen LogP contribution in [0.4, 0.5) is 0 Å². The maximum Gasteiger partial charge on any atom is 0.0963 e. The van der Waals surface area contributed by atoms with E-state index in [1.165, 1.54) is 0 Å². The van der Waals surface area contributed by atoms with E-state index >= 15 is 0 Å². The summed E-state index contributed by atoms with van der Waals surface area (Å²) in [5, 5.41) is 18.2. The van der Waals surface area contributed by atoms with E-state index in [-0.39, 0.29) is 6.61 Å². The average molecular weight is 167 g/mol. The summed E-state index contributed by atoms with van der Waals surface area (Å²) in [4.78, 5) is 0. The van der Waals surface area contributed by atoms with Crippen LogP contribution in [0.1, 0.15) is 11.7 Å². The molecule has 0 bridgehead atoms. The van der Waals surface area contributed by atoms with Gasteiger partial charge < -0.3 is 15.9 Å². The molecule has 1 aromatic rings. The minimum Gasteiger partial charge on any atom is -0.395 e. The van der Waals surface area contributed by atoms with Crippen LogP contribution in [0.25, 0.3) is 0 Å². The van der Waals surface area contributed by atoms with E-state index < -0.39 is 12.1 Å². The van der Waals surface area contributed by atoms with Gasteiger partial charge in [0.1, 0.15) is 0 Å². The van der Waals surface area contributed by atoms with Crippen LogP contribution in [0.2, 0.25) is 0 Å². The molecule has 12 heavy (non-hydrogen) atoms. The average Bonchev–Trinajstić information content (AvgIpc) is 2.17.